The van der Waals surface area contributed by atoms with Crippen molar-refractivity contribution in [1.29, 1.82) is 0 Å². The molecule has 2 rings (SSSR count). The van der Waals surface area contributed by atoms with Crippen molar-refractivity contribution in [3.05, 3.63) is 34.4 Å². The van der Waals surface area contributed by atoms with Gasteiger partial charge in [0.25, 0.3) is 5.69 Å². The Kier molecular flexibility index (Phi) is 6.09. The van der Waals surface area contributed by atoms with Crippen molar-refractivity contribution in [1.82, 2.24) is 10.0 Å². The smallest absolute Gasteiger partial charge is 0.269 e. The lowest BCUT2D eigenvalue weighted by Crippen LogP contribution is -2.46. The number of sulfonamides is 1. The molecule has 2 atom stereocenters. The predicted molar refractivity (Wildman–Crippen MR) is 81.2 cm³/mol. The summed E-state index contributed by atoms with van der Waals surface area (Å²) in [7, 11) is -3.63. The Morgan fingerprint density at radius 2 is 1.95 bits per heavy atom. The van der Waals surface area contributed by atoms with Crippen LogP contribution in [0.2, 0.25) is 0 Å². The summed E-state index contributed by atoms with van der Waals surface area (Å²) >= 11 is 0. The Morgan fingerprint density at radius 3 is 2.48 bits per heavy atom. The molecule has 7 nitrogen and oxygen atoms in total. The van der Waals surface area contributed by atoms with Crippen molar-refractivity contribution in [2.75, 3.05) is 6.54 Å². The molecular formula is C12H18ClN3O4S. The third-order valence-corrected chi connectivity index (χ3v) is 4.84. The Balaban J connectivity index is 0.00000220. The van der Waals surface area contributed by atoms with E-state index in [-0.39, 0.29) is 35.1 Å². The topological polar surface area (TPSA) is 101 Å². The maximum absolute atomic E-state index is 12.2. The summed E-state index contributed by atoms with van der Waals surface area (Å²) in [5.41, 5.74) is -0.126. The second-order valence-corrected chi connectivity index (χ2v) is 6.66. The molecule has 21 heavy (non-hydrogen) atoms. The first-order valence-electron chi connectivity index (χ1n) is 6.38. The summed E-state index contributed by atoms with van der Waals surface area (Å²) in [4.78, 5) is 10.0. The maximum atomic E-state index is 12.2. The van der Waals surface area contributed by atoms with Gasteiger partial charge in [0.2, 0.25) is 10.0 Å². The lowest BCUT2D eigenvalue weighted by atomic mass is 10.0. The predicted octanol–water partition coefficient (Wildman–Crippen LogP) is 1.44. The Labute approximate surface area is 129 Å². The van der Waals surface area contributed by atoms with Gasteiger partial charge in [-0.3, -0.25) is 10.1 Å². The molecule has 1 heterocycles. The van der Waals surface area contributed by atoms with Crippen LogP contribution < -0.4 is 10.0 Å². The molecule has 0 saturated carbocycles. The molecule has 0 amide bonds. The minimum atomic E-state index is -3.63. The summed E-state index contributed by atoms with van der Waals surface area (Å²) in [6.45, 7) is 2.78. The van der Waals surface area contributed by atoms with Gasteiger partial charge in [-0.2, -0.15) is 0 Å². The fourth-order valence-electron chi connectivity index (χ4n) is 2.27. The van der Waals surface area contributed by atoms with E-state index in [1.54, 1.807) is 0 Å². The number of nitro benzene ring substituents is 1. The van der Waals surface area contributed by atoms with Gasteiger partial charge < -0.3 is 5.32 Å². The first kappa shape index (κ1) is 17.8. The zero-order chi connectivity index (χ0) is 14.8. The van der Waals surface area contributed by atoms with Crippen LogP contribution in [0.5, 0.6) is 0 Å². The fourth-order valence-corrected chi connectivity index (χ4v) is 3.56. The number of benzene rings is 1. The van der Waals surface area contributed by atoms with E-state index in [1.165, 1.54) is 24.3 Å². The van der Waals surface area contributed by atoms with Crippen LogP contribution in [0.4, 0.5) is 5.69 Å². The van der Waals surface area contributed by atoms with Gasteiger partial charge in [-0.25, -0.2) is 13.1 Å². The second kappa shape index (κ2) is 7.17. The van der Waals surface area contributed by atoms with E-state index in [2.05, 4.69) is 10.0 Å². The molecule has 0 bridgehead atoms. The van der Waals surface area contributed by atoms with Crippen LogP contribution in [0.3, 0.4) is 0 Å². The van der Waals surface area contributed by atoms with Gasteiger partial charge in [-0.05, 0) is 38.4 Å². The van der Waals surface area contributed by atoms with Gasteiger partial charge in [-0.15, -0.1) is 12.4 Å². The first-order valence-corrected chi connectivity index (χ1v) is 7.87. The molecule has 1 fully saturated rings. The van der Waals surface area contributed by atoms with E-state index in [1.807, 2.05) is 6.92 Å². The number of non-ortho nitro benzene ring substituents is 1. The normalized spacial score (nSPS) is 22.3. The number of rotatable bonds is 4. The van der Waals surface area contributed by atoms with E-state index >= 15 is 0 Å². The van der Waals surface area contributed by atoms with Crippen LogP contribution in [-0.2, 0) is 10.0 Å². The van der Waals surface area contributed by atoms with Crippen molar-refractivity contribution in [3.63, 3.8) is 0 Å². The average molecular weight is 336 g/mol. The minimum Gasteiger partial charge on any atom is -0.314 e. The molecule has 1 saturated heterocycles. The highest BCUT2D eigenvalue weighted by Crippen LogP contribution is 2.17. The quantitative estimate of drug-likeness (QED) is 0.640. The van der Waals surface area contributed by atoms with E-state index in [0.717, 1.165) is 19.4 Å². The summed E-state index contributed by atoms with van der Waals surface area (Å²) in [5.74, 6) is 0. The van der Waals surface area contributed by atoms with Crippen LogP contribution in [0.25, 0.3) is 0 Å². The van der Waals surface area contributed by atoms with Crippen molar-refractivity contribution < 1.29 is 13.3 Å². The molecule has 0 spiro atoms. The highest BCUT2D eigenvalue weighted by molar-refractivity contribution is 7.89. The number of nitrogens with one attached hydrogen (secondary N) is 2. The summed E-state index contributed by atoms with van der Waals surface area (Å²) in [5, 5.41) is 13.8. The fraction of sp³-hybridized carbons (Fsp3) is 0.500. The largest absolute Gasteiger partial charge is 0.314 e. The molecule has 2 N–H and O–H groups in total. The van der Waals surface area contributed by atoms with Crippen LogP contribution in [0, 0.1) is 10.1 Å². The molecule has 0 aliphatic carbocycles. The number of piperidine rings is 1. The van der Waals surface area contributed by atoms with Crippen molar-refractivity contribution >= 4 is 28.1 Å². The van der Waals surface area contributed by atoms with Gasteiger partial charge in [0.15, 0.2) is 0 Å². The summed E-state index contributed by atoms with van der Waals surface area (Å²) in [6, 6.07) is 5.06. The van der Waals surface area contributed by atoms with E-state index < -0.39 is 14.9 Å². The zero-order valence-corrected chi connectivity index (χ0v) is 13.1. The number of halogens is 1. The summed E-state index contributed by atoms with van der Waals surface area (Å²) in [6.07, 6.45) is 1.46. The molecule has 1 aliphatic rings. The molecule has 9 heteroatoms. The number of hydrogen-bond donors (Lipinski definition) is 2. The number of nitrogens with zero attached hydrogens (tertiary/aromatic N) is 1. The van der Waals surface area contributed by atoms with Crippen LogP contribution in [-0.4, -0.2) is 32.0 Å². The van der Waals surface area contributed by atoms with Gasteiger partial charge >= 0.3 is 0 Å². The minimum absolute atomic E-state index is 0. The maximum Gasteiger partial charge on any atom is 0.269 e. The highest BCUT2D eigenvalue weighted by Gasteiger charge is 2.24. The monoisotopic (exact) mass is 335 g/mol. The molecule has 1 aromatic rings. The lowest BCUT2D eigenvalue weighted by molar-refractivity contribution is -0.384. The number of nitro groups is 1. The van der Waals surface area contributed by atoms with Crippen LogP contribution in [0.15, 0.2) is 29.2 Å². The number of hydrogen-bond acceptors (Lipinski definition) is 5. The van der Waals surface area contributed by atoms with Crippen LogP contribution in [0.1, 0.15) is 19.8 Å². The summed E-state index contributed by atoms with van der Waals surface area (Å²) < 4.78 is 27.0. The molecule has 118 valence electrons. The Morgan fingerprint density at radius 1 is 1.33 bits per heavy atom. The molecular weight excluding hydrogens is 318 g/mol. The molecule has 0 radical (unpaired) electrons. The second-order valence-electron chi connectivity index (χ2n) is 4.95. The van der Waals surface area contributed by atoms with Gasteiger partial charge in [0.05, 0.1) is 9.82 Å². The van der Waals surface area contributed by atoms with E-state index in [0.29, 0.717) is 0 Å². The van der Waals surface area contributed by atoms with Gasteiger partial charge in [-0.1, -0.05) is 0 Å². The van der Waals surface area contributed by atoms with Gasteiger partial charge in [0, 0.05) is 24.2 Å². The Bertz CT molecular complexity index is 591. The first-order chi connectivity index (χ1) is 9.38. The van der Waals surface area contributed by atoms with E-state index in [4.69, 9.17) is 0 Å². The molecule has 0 aromatic heterocycles. The molecule has 2 unspecified atom stereocenters. The Hall–Kier alpha value is -1.22. The average Bonchev–Trinajstić information content (AvgIpc) is 2.38. The SMILES string of the molecule is CC1CC(NS(=O)(=O)c2ccc([N+](=O)[O-])cc2)CCN1.Cl. The van der Waals surface area contributed by atoms with Gasteiger partial charge in [0.1, 0.15) is 0 Å². The van der Waals surface area contributed by atoms with Crippen molar-refractivity contribution in [2.24, 2.45) is 0 Å². The van der Waals surface area contributed by atoms with Crippen molar-refractivity contribution in [3.8, 4) is 0 Å². The molecule has 1 aromatic carbocycles. The van der Waals surface area contributed by atoms with Crippen LogP contribution >= 0.6 is 12.4 Å². The zero-order valence-electron chi connectivity index (χ0n) is 11.5. The highest BCUT2D eigenvalue weighted by atomic mass is 35.5. The lowest BCUT2D eigenvalue weighted by Gasteiger charge is -2.28. The standard InChI is InChI=1S/C12H17N3O4S.ClH/c1-9-8-10(6-7-13-9)14-20(18,19)12-4-2-11(3-5-12)15(16)17;/h2-5,9-10,13-14H,6-8H2,1H3;1H. The molecule has 1 aliphatic heterocycles. The third-order valence-electron chi connectivity index (χ3n) is 3.30. The van der Waals surface area contributed by atoms with Crippen molar-refractivity contribution in [2.45, 2.75) is 36.7 Å². The third kappa shape index (κ3) is 4.63. The van der Waals surface area contributed by atoms with E-state index in [9.17, 15) is 18.5 Å².